The van der Waals surface area contributed by atoms with E-state index in [-0.39, 0.29) is 6.67 Å². The molecule has 0 rings (SSSR count). The summed E-state index contributed by atoms with van der Waals surface area (Å²) in [5.41, 5.74) is 0. The number of hydrogen-bond acceptors (Lipinski definition) is 3. The number of rotatable bonds is 3. The fourth-order valence-electron chi connectivity index (χ4n) is 0.115. The number of carbonyl (C=O) groups excluding carboxylic acids is 2. The van der Waals surface area contributed by atoms with Gasteiger partial charge in [0.05, 0.1) is 0 Å². The van der Waals surface area contributed by atoms with E-state index in [9.17, 15) is 9.59 Å². The van der Waals surface area contributed by atoms with Gasteiger partial charge >= 0.3 is 0 Å². The minimum atomic E-state index is 0.0208. The van der Waals surface area contributed by atoms with Crippen LogP contribution in [0.2, 0.25) is 0 Å². The standard InChI is InChI=1S/C3H4N2O2/c6-2-4-1-5-3-7/h2H,1H2,(H,4,6). The summed E-state index contributed by atoms with van der Waals surface area (Å²) >= 11 is 0. The van der Waals surface area contributed by atoms with E-state index in [0.717, 1.165) is 0 Å². The van der Waals surface area contributed by atoms with Crippen LogP contribution >= 0.6 is 0 Å². The molecule has 0 aliphatic heterocycles. The molecule has 0 aromatic carbocycles. The summed E-state index contributed by atoms with van der Waals surface area (Å²) in [5, 5.41) is 2.14. The number of isocyanates is 1. The molecule has 0 aromatic rings. The number of carbonyl (C=O) groups is 1. The van der Waals surface area contributed by atoms with Crippen molar-refractivity contribution in [3.8, 4) is 0 Å². The largest absolute Gasteiger partial charge is 0.339 e. The van der Waals surface area contributed by atoms with E-state index >= 15 is 0 Å². The molecule has 7 heavy (non-hydrogen) atoms. The highest BCUT2D eigenvalue weighted by Crippen LogP contribution is 1.49. The SMILES string of the molecule is O=C=NCNC=O. The Balaban J connectivity index is 2.97. The molecular formula is C3H4N2O2. The van der Waals surface area contributed by atoms with Crippen molar-refractivity contribution in [2.75, 3.05) is 6.67 Å². The predicted molar refractivity (Wildman–Crippen MR) is 22.2 cm³/mol. The Morgan fingerprint density at radius 2 is 2.57 bits per heavy atom. The van der Waals surface area contributed by atoms with Gasteiger partial charge in [0.25, 0.3) is 0 Å². The Morgan fingerprint density at radius 1 is 1.86 bits per heavy atom. The molecule has 0 heterocycles. The molecule has 0 aliphatic carbocycles. The van der Waals surface area contributed by atoms with Crippen molar-refractivity contribution in [3.63, 3.8) is 0 Å². The fourth-order valence-corrected chi connectivity index (χ4v) is 0.115. The monoisotopic (exact) mass is 100 g/mol. The predicted octanol–water partition coefficient (Wildman–Crippen LogP) is -0.974. The normalized spacial score (nSPS) is 6.29. The summed E-state index contributed by atoms with van der Waals surface area (Å²) in [5.74, 6) is 0. The van der Waals surface area contributed by atoms with Gasteiger partial charge in [-0.2, -0.15) is 4.99 Å². The zero-order chi connectivity index (χ0) is 5.54. The lowest BCUT2D eigenvalue weighted by Gasteiger charge is -1.80. The van der Waals surface area contributed by atoms with E-state index in [1.165, 1.54) is 6.08 Å². The van der Waals surface area contributed by atoms with E-state index in [2.05, 4.69) is 10.3 Å². The summed E-state index contributed by atoms with van der Waals surface area (Å²) in [4.78, 5) is 21.6. The molecule has 0 saturated carbocycles. The Hall–Kier alpha value is -1.15. The van der Waals surface area contributed by atoms with Crippen LogP contribution in [0.5, 0.6) is 0 Å². The van der Waals surface area contributed by atoms with Crippen LogP contribution < -0.4 is 5.32 Å². The molecule has 0 fully saturated rings. The van der Waals surface area contributed by atoms with Gasteiger partial charge < -0.3 is 5.32 Å². The van der Waals surface area contributed by atoms with Crippen LogP contribution in [0, 0.1) is 0 Å². The second kappa shape index (κ2) is 4.85. The smallest absolute Gasteiger partial charge is 0.236 e. The molecule has 1 N–H and O–H groups in total. The van der Waals surface area contributed by atoms with Gasteiger partial charge in [0.2, 0.25) is 12.5 Å². The summed E-state index contributed by atoms with van der Waals surface area (Å²) in [7, 11) is 0. The topological polar surface area (TPSA) is 58.5 Å². The minimum Gasteiger partial charge on any atom is -0.339 e. The maximum atomic E-state index is 9.38. The molecule has 0 radical (unpaired) electrons. The summed E-state index contributed by atoms with van der Waals surface area (Å²) in [6.45, 7) is 0.0208. The minimum absolute atomic E-state index is 0.0208. The number of nitrogens with one attached hydrogen (secondary N) is 1. The Morgan fingerprint density at radius 3 is 3.00 bits per heavy atom. The van der Waals surface area contributed by atoms with Crippen LogP contribution in [0.4, 0.5) is 0 Å². The van der Waals surface area contributed by atoms with E-state index in [1.807, 2.05) is 0 Å². The van der Waals surface area contributed by atoms with Crippen molar-refractivity contribution in [1.29, 1.82) is 0 Å². The molecule has 0 aliphatic rings. The van der Waals surface area contributed by atoms with Crippen molar-refractivity contribution in [2.45, 2.75) is 0 Å². The van der Waals surface area contributed by atoms with E-state index < -0.39 is 0 Å². The number of aliphatic imine (C=N–C) groups is 1. The first-order chi connectivity index (χ1) is 3.41. The van der Waals surface area contributed by atoms with Crippen molar-refractivity contribution >= 4 is 12.5 Å². The average molecular weight is 100 g/mol. The lowest BCUT2D eigenvalue weighted by atomic mass is 11.0. The second-order valence-corrected chi connectivity index (χ2v) is 0.729. The lowest BCUT2D eigenvalue weighted by molar-refractivity contribution is -0.109. The third-order valence-corrected chi connectivity index (χ3v) is 0.318. The highest BCUT2D eigenvalue weighted by Gasteiger charge is 1.67. The Kier molecular flexibility index (Phi) is 4.05. The van der Waals surface area contributed by atoms with E-state index in [4.69, 9.17) is 0 Å². The molecule has 0 unspecified atom stereocenters. The molecule has 38 valence electrons. The maximum Gasteiger partial charge on any atom is 0.236 e. The van der Waals surface area contributed by atoms with Gasteiger partial charge in [-0.3, -0.25) is 4.79 Å². The van der Waals surface area contributed by atoms with E-state index in [0.29, 0.717) is 6.41 Å². The van der Waals surface area contributed by atoms with Gasteiger partial charge in [-0.05, 0) is 0 Å². The number of hydrogen-bond donors (Lipinski definition) is 1. The van der Waals surface area contributed by atoms with Crippen LogP contribution in [0.25, 0.3) is 0 Å². The first-order valence-electron chi connectivity index (χ1n) is 1.62. The lowest BCUT2D eigenvalue weighted by Crippen LogP contribution is -2.09. The molecule has 4 nitrogen and oxygen atoms in total. The van der Waals surface area contributed by atoms with Crippen molar-refractivity contribution in [3.05, 3.63) is 0 Å². The van der Waals surface area contributed by atoms with Crippen molar-refractivity contribution in [1.82, 2.24) is 5.32 Å². The summed E-state index contributed by atoms with van der Waals surface area (Å²) in [6, 6.07) is 0. The van der Waals surface area contributed by atoms with E-state index in [1.54, 1.807) is 0 Å². The van der Waals surface area contributed by atoms with Gasteiger partial charge in [-0.25, -0.2) is 4.79 Å². The van der Waals surface area contributed by atoms with Crippen molar-refractivity contribution < 1.29 is 9.59 Å². The average Bonchev–Trinajstić information content (AvgIpc) is 1.69. The van der Waals surface area contributed by atoms with Gasteiger partial charge in [0, 0.05) is 0 Å². The van der Waals surface area contributed by atoms with Crippen LogP contribution in [-0.2, 0) is 9.59 Å². The van der Waals surface area contributed by atoms with Gasteiger partial charge in [-0.15, -0.1) is 0 Å². The Bertz CT molecular complexity index is 95.1. The van der Waals surface area contributed by atoms with Crippen molar-refractivity contribution in [2.24, 2.45) is 4.99 Å². The first-order valence-corrected chi connectivity index (χ1v) is 1.62. The third-order valence-electron chi connectivity index (χ3n) is 0.318. The molecule has 0 atom stereocenters. The summed E-state index contributed by atoms with van der Waals surface area (Å²) in [6.07, 6.45) is 1.72. The maximum absolute atomic E-state index is 9.38. The molecule has 0 bridgehead atoms. The highest BCUT2D eigenvalue weighted by atomic mass is 16.1. The van der Waals surface area contributed by atoms with Crippen LogP contribution in [-0.4, -0.2) is 19.2 Å². The van der Waals surface area contributed by atoms with Gasteiger partial charge in [-0.1, -0.05) is 0 Å². The molecule has 0 aromatic heterocycles. The zero-order valence-electron chi connectivity index (χ0n) is 3.55. The number of amides is 1. The Labute approximate surface area is 40.2 Å². The third kappa shape index (κ3) is 4.85. The first kappa shape index (κ1) is 5.85. The molecule has 0 saturated heterocycles. The molecule has 0 spiro atoms. The highest BCUT2D eigenvalue weighted by molar-refractivity contribution is 5.46. The molecule has 1 amide bonds. The van der Waals surface area contributed by atoms with Crippen LogP contribution in [0.15, 0.2) is 4.99 Å². The fraction of sp³-hybridized carbons (Fsp3) is 0.333. The summed E-state index contributed by atoms with van der Waals surface area (Å²) < 4.78 is 0. The number of nitrogens with zero attached hydrogens (tertiary/aromatic N) is 1. The quantitative estimate of drug-likeness (QED) is 0.214. The van der Waals surface area contributed by atoms with Gasteiger partial charge in [0.15, 0.2) is 0 Å². The molecular weight excluding hydrogens is 96.0 g/mol. The van der Waals surface area contributed by atoms with Crippen LogP contribution in [0.1, 0.15) is 0 Å². The molecule has 4 heteroatoms. The zero-order valence-corrected chi connectivity index (χ0v) is 3.55. The second-order valence-electron chi connectivity index (χ2n) is 0.729. The van der Waals surface area contributed by atoms with Crippen LogP contribution in [0.3, 0.4) is 0 Å². The van der Waals surface area contributed by atoms with Gasteiger partial charge in [0.1, 0.15) is 6.67 Å².